The minimum absolute atomic E-state index is 0.0320. The SMILES string of the molecule is C=C1CCC2C1[C@H](c1cc(O)c(O)c(OC)c1)c1cc3c(cc1[C@@H]2CC(C)=O)CCC3. The van der Waals surface area contributed by atoms with Crippen molar-refractivity contribution in [3.8, 4) is 17.2 Å². The summed E-state index contributed by atoms with van der Waals surface area (Å²) in [6, 6.07) is 8.25. The van der Waals surface area contributed by atoms with Crippen LogP contribution in [0.4, 0.5) is 0 Å². The first-order valence-corrected chi connectivity index (χ1v) is 11.3. The zero-order valence-corrected chi connectivity index (χ0v) is 18.3. The highest BCUT2D eigenvalue weighted by Gasteiger charge is 2.48. The number of carbonyl (C=O) groups excluding carboxylic acids is 1. The van der Waals surface area contributed by atoms with E-state index >= 15 is 0 Å². The number of rotatable bonds is 4. The number of fused-ring (bicyclic) bond motifs is 3. The average molecular weight is 419 g/mol. The number of ether oxygens (including phenoxy) is 1. The van der Waals surface area contributed by atoms with Gasteiger partial charge in [-0.1, -0.05) is 24.3 Å². The molecule has 0 radical (unpaired) electrons. The van der Waals surface area contributed by atoms with Crippen LogP contribution in [0.1, 0.15) is 72.3 Å². The van der Waals surface area contributed by atoms with Crippen molar-refractivity contribution in [3.05, 3.63) is 64.2 Å². The van der Waals surface area contributed by atoms with Gasteiger partial charge < -0.3 is 19.7 Å². The first-order chi connectivity index (χ1) is 14.9. The lowest BCUT2D eigenvalue weighted by Gasteiger charge is -2.42. The molecule has 2 aromatic rings. The smallest absolute Gasteiger partial charge is 0.200 e. The van der Waals surface area contributed by atoms with Gasteiger partial charge in [0.1, 0.15) is 5.78 Å². The van der Waals surface area contributed by atoms with Gasteiger partial charge in [0, 0.05) is 12.3 Å². The van der Waals surface area contributed by atoms with Crippen LogP contribution in [-0.2, 0) is 17.6 Å². The van der Waals surface area contributed by atoms with E-state index in [9.17, 15) is 15.0 Å². The number of phenols is 2. The molecule has 162 valence electrons. The second-order valence-corrected chi connectivity index (χ2v) is 9.57. The third-order valence-electron chi connectivity index (χ3n) is 7.80. The lowest BCUT2D eigenvalue weighted by atomic mass is 9.61. The van der Waals surface area contributed by atoms with E-state index in [1.807, 2.05) is 6.07 Å². The Bertz CT molecular complexity index is 1080. The van der Waals surface area contributed by atoms with Gasteiger partial charge in [-0.3, -0.25) is 0 Å². The maximum atomic E-state index is 12.2. The fraction of sp³-hybridized carbons (Fsp3) is 0.444. The van der Waals surface area contributed by atoms with Gasteiger partial charge in [-0.25, -0.2) is 0 Å². The van der Waals surface area contributed by atoms with Crippen LogP contribution in [-0.4, -0.2) is 23.1 Å². The molecule has 1 saturated carbocycles. The van der Waals surface area contributed by atoms with Crippen LogP contribution in [0.15, 0.2) is 36.4 Å². The van der Waals surface area contributed by atoms with Crippen LogP contribution in [0.5, 0.6) is 17.2 Å². The summed E-state index contributed by atoms with van der Waals surface area (Å²) in [5.41, 5.74) is 7.54. The van der Waals surface area contributed by atoms with E-state index in [4.69, 9.17) is 4.74 Å². The molecule has 1 fully saturated rings. The highest BCUT2D eigenvalue weighted by atomic mass is 16.5. The van der Waals surface area contributed by atoms with Gasteiger partial charge in [0.15, 0.2) is 11.5 Å². The second kappa shape index (κ2) is 7.44. The van der Waals surface area contributed by atoms with E-state index in [1.54, 1.807) is 13.0 Å². The first-order valence-electron chi connectivity index (χ1n) is 11.3. The number of aryl methyl sites for hydroxylation is 2. The minimum atomic E-state index is -0.229. The molecule has 0 spiro atoms. The zero-order valence-electron chi connectivity index (χ0n) is 18.3. The van der Waals surface area contributed by atoms with Crippen molar-refractivity contribution in [2.75, 3.05) is 7.11 Å². The Morgan fingerprint density at radius 3 is 2.48 bits per heavy atom. The molecule has 0 heterocycles. The number of ketones is 1. The summed E-state index contributed by atoms with van der Waals surface area (Å²) in [5.74, 6) is 0.936. The summed E-state index contributed by atoms with van der Waals surface area (Å²) in [5, 5.41) is 20.6. The summed E-state index contributed by atoms with van der Waals surface area (Å²) in [7, 11) is 1.50. The van der Waals surface area contributed by atoms with Gasteiger partial charge in [-0.05, 0) is 96.7 Å². The van der Waals surface area contributed by atoms with Gasteiger partial charge in [0.05, 0.1) is 7.11 Å². The number of methoxy groups -OCH3 is 1. The van der Waals surface area contributed by atoms with Crippen LogP contribution in [0.3, 0.4) is 0 Å². The largest absolute Gasteiger partial charge is 0.504 e. The maximum Gasteiger partial charge on any atom is 0.200 e. The first kappa shape index (κ1) is 20.2. The van der Waals surface area contributed by atoms with Crippen LogP contribution < -0.4 is 4.74 Å². The number of allylic oxidation sites excluding steroid dienone is 1. The Kier molecular flexibility index (Phi) is 4.84. The molecule has 0 bridgehead atoms. The monoisotopic (exact) mass is 418 g/mol. The van der Waals surface area contributed by atoms with Crippen molar-refractivity contribution < 1.29 is 19.7 Å². The minimum Gasteiger partial charge on any atom is -0.504 e. The van der Waals surface area contributed by atoms with Gasteiger partial charge in [0.2, 0.25) is 5.75 Å². The number of aromatic hydroxyl groups is 2. The number of benzene rings is 2. The molecule has 0 aliphatic heterocycles. The molecule has 4 heteroatoms. The molecule has 2 aromatic carbocycles. The molecular weight excluding hydrogens is 388 g/mol. The number of hydrogen-bond donors (Lipinski definition) is 2. The quantitative estimate of drug-likeness (QED) is 0.516. The molecule has 4 atom stereocenters. The van der Waals surface area contributed by atoms with Crippen molar-refractivity contribution in [3.63, 3.8) is 0 Å². The third-order valence-corrected chi connectivity index (χ3v) is 7.80. The van der Waals surface area contributed by atoms with Gasteiger partial charge in [-0.2, -0.15) is 0 Å². The van der Waals surface area contributed by atoms with Gasteiger partial charge in [-0.15, -0.1) is 0 Å². The standard InChI is InChI=1S/C27H30O4/c1-14-7-8-19-20(9-15(2)28)21-10-16-5-4-6-17(16)11-22(21)26(25(14)19)18-12-23(29)27(30)24(13-18)31-3/h10-13,19-20,25-26,29-30H,1,4-9H2,2-3H3/t19?,20-,25?,26-/m1/s1. The van der Waals surface area contributed by atoms with E-state index in [2.05, 4.69) is 18.7 Å². The lowest BCUT2D eigenvalue weighted by molar-refractivity contribution is -0.117. The Balaban J connectivity index is 1.75. The number of phenolic OH excluding ortho intramolecular Hbond substituents is 2. The average Bonchev–Trinajstić information content (AvgIpc) is 3.35. The second-order valence-electron chi connectivity index (χ2n) is 9.57. The van der Waals surface area contributed by atoms with Crippen LogP contribution in [0, 0.1) is 11.8 Å². The molecule has 2 unspecified atom stereocenters. The topological polar surface area (TPSA) is 66.8 Å². The fourth-order valence-electron chi connectivity index (χ4n) is 6.52. The Labute approximate surface area is 183 Å². The van der Waals surface area contributed by atoms with Crippen LogP contribution in [0.2, 0.25) is 0 Å². The summed E-state index contributed by atoms with van der Waals surface area (Å²) in [4.78, 5) is 12.2. The van der Waals surface area contributed by atoms with Crippen molar-refractivity contribution in [2.45, 2.75) is 57.3 Å². The predicted octanol–water partition coefficient (Wildman–Crippen LogP) is 5.39. The molecular formula is C27H30O4. The molecule has 0 amide bonds. The molecule has 0 aromatic heterocycles. The lowest BCUT2D eigenvalue weighted by Crippen LogP contribution is -2.32. The van der Waals surface area contributed by atoms with Crippen LogP contribution in [0.25, 0.3) is 0 Å². The number of hydrogen-bond acceptors (Lipinski definition) is 4. The highest BCUT2D eigenvalue weighted by molar-refractivity contribution is 5.77. The molecule has 5 rings (SSSR count). The summed E-state index contributed by atoms with van der Waals surface area (Å²) < 4.78 is 5.35. The molecule has 31 heavy (non-hydrogen) atoms. The molecule has 0 saturated heterocycles. The molecule has 3 aliphatic rings. The van der Waals surface area contributed by atoms with E-state index in [0.717, 1.165) is 31.2 Å². The van der Waals surface area contributed by atoms with E-state index in [0.29, 0.717) is 12.3 Å². The third kappa shape index (κ3) is 3.15. The van der Waals surface area contributed by atoms with Crippen molar-refractivity contribution in [2.24, 2.45) is 11.8 Å². The number of carbonyl (C=O) groups is 1. The molecule has 2 N–H and O–H groups in total. The Hall–Kier alpha value is -2.75. The fourth-order valence-corrected chi connectivity index (χ4v) is 6.52. The van der Waals surface area contributed by atoms with Gasteiger partial charge >= 0.3 is 0 Å². The van der Waals surface area contributed by atoms with Crippen molar-refractivity contribution in [1.29, 1.82) is 0 Å². The molecule has 4 nitrogen and oxygen atoms in total. The van der Waals surface area contributed by atoms with Crippen LogP contribution >= 0.6 is 0 Å². The molecule has 3 aliphatic carbocycles. The van der Waals surface area contributed by atoms with E-state index in [1.165, 1.54) is 41.4 Å². The highest BCUT2D eigenvalue weighted by Crippen LogP contribution is 2.59. The summed E-state index contributed by atoms with van der Waals surface area (Å²) in [6.45, 7) is 6.12. The normalized spacial score (nSPS) is 26.3. The van der Waals surface area contributed by atoms with E-state index < -0.39 is 0 Å². The maximum absolute atomic E-state index is 12.2. The number of Topliss-reactive ketones (excluding diaryl/α,β-unsaturated/α-hetero) is 1. The van der Waals surface area contributed by atoms with Gasteiger partial charge in [0.25, 0.3) is 0 Å². The Morgan fingerprint density at radius 1 is 1.10 bits per heavy atom. The summed E-state index contributed by atoms with van der Waals surface area (Å²) >= 11 is 0. The predicted molar refractivity (Wildman–Crippen MR) is 120 cm³/mol. The zero-order chi connectivity index (χ0) is 21.9. The van der Waals surface area contributed by atoms with Crippen molar-refractivity contribution >= 4 is 5.78 Å². The van der Waals surface area contributed by atoms with Crippen molar-refractivity contribution in [1.82, 2.24) is 0 Å². The summed E-state index contributed by atoms with van der Waals surface area (Å²) in [6.07, 6.45) is 5.94. The Morgan fingerprint density at radius 2 is 1.81 bits per heavy atom. The van der Waals surface area contributed by atoms with E-state index in [-0.39, 0.29) is 40.8 Å².